The molecule has 3 heterocycles. The summed E-state index contributed by atoms with van der Waals surface area (Å²) in [7, 11) is 3.32. The largest absolute Gasteiger partial charge is 0.384 e. The van der Waals surface area contributed by atoms with E-state index in [0.717, 1.165) is 22.4 Å². The van der Waals surface area contributed by atoms with Crippen LogP contribution in [0.5, 0.6) is 0 Å². The molecule has 1 fully saturated rings. The number of aryl methyl sites for hydroxylation is 3. The molecule has 3 N–H and O–H groups in total. The summed E-state index contributed by atoms with van der Waals surface area (Å²) in [6.07, 6.45) is 6.34. The highest BCUT2D eigenvalue weighted by molar-refractivity contribution is 6.12. The Hall–Kier alpha value is -4.28. The number of halogens is 1. The maximum absolute atomic E-state index is 14.3. The molecule has 0 unspecified atom stereocenters. The van der Waals surface area contributed by atoms with Gasteiger partial charge in [-0.15, -0.1) is 0 Å². The van der Waals surface area contributed by atoms with Crippen LogP contribution in [0.3, 0.4) is 0 Å². The quantitative estimate of drug-likeness (QED) is 0.426. The van der Waals surface area contributed by atoms with Crippen LogP contribution < -0.4 is 16.0 Å². The minimum absolute atomic E-state index is 0.217. The summed E-state index contributed by atoms with van der Waals surface area (Å²) in [5.41, 5.74) is 8.24. The molecule has 4 amide bonds. The molecule has 1 aliphatic rings. The van der Waals surface area contributed by atoms with Crippen molar-refractivity contribution in [1.29, 1.82) is 0 Å². The molecule has 0 saturated carbocycles. The molecule has 4 rings (SSSR count). The second-order valence-corrected chi connectivity index (χ2v) is 10.0. The molecule has 0 aliphatic carbocycles. The topological polar surface area (TPSA) is 126 Å². The number of aromatic nitrogens is 3. The molecular formula is C28H34FN7O3. The first-order chi connectivity index (χ1) is 18.5. The number of pyridine rings is 1. The van der Waals surface area contributed by atoms with E-state index in [1.165, 1.54) is 11.1 Å². The normalized spacial score (nSPS) is 17.5. The highest BCUT2D eigenvalue weighted by Gasteiger charge is 2.55. The number of likely N-dealkylation sites (N-methyl/N-ethyl adjacent to an activating group) is 1. The fourth-order valence-electron chi connectivity index (χ4n) is 5.12. The number of urea groups is 1. The van der Waals surface area contributed by atoms with Crippen LogP contribution in [0.25, 0.3) is 0 Å². The van der Waals surface area contributed by atoms with Gasteiger partial charge in [0.05, 0.1) is 12.0 Å². The fourth-order valence-corrected chi connectivity index (χ4v) is 5.12. The number of hydrogen-bond acceptors (Lipinski definition) is 6. The summed E-state index contributed by atoms with van der Waals surface area (Å²) in [6.45, 7) is 5.32. The van der Waals surface area contributed by atoms with Gasteiger partial charge in [0, 0.05) is 32.7 Å². The minimum Gasteiger partial charge on any atom is -0.384 e. The SMILES string of the molecule is CCC[C@@H](NC(=O)N1C(=O)[C@H](Cc2ccnc(N)c2)[C@H]1C(=O)N(C)c1nccn1C)c1cc(C)c(F)c(C)c1. The lowest BCUT2D eigenvalue weighted by atomic mass is 9.81. The average Bonchev–Trinajstić information content (AvgIpc) is 3.33. The van der Waals surface area contributed by atoms with Gasteiger partial charge in [-0.1, -0.05) is 25.5 Å². The lowest BCUT2D eigenvalue weighted by molar-refractivity contribution is -0.156. The van der Waals surface area contributed by atoms with E-state index in [1.807, 2.05) is 6.92 Å². The van der Waals surface area contributed by atoms with Gasteiger partial charge in [0.15, 0.2) is 0 Å². The van der Waals surface area contributed by atoms with Crippen molar-refractivity contribution in [3.63, 3.8) is 0 Å². The minimum atomic E-state index is -1.05. The van der Waals surface area contributed by atoms with Gasteiger partial charge in [-0.3, -0.25) is 19.4 Å². The Labute approximate surface area is 227 Å². The van der Waals surface area contributed by atoms with Gasteiger partial charge in [0.2, 0.25) is 11.9 Å². The summed E-state index contributed by atoms with van der Waals surface area (Å²) in [6, 6.07) is 4.60. The number of hydrogen-bond donors (Lipinski definition) is 2. The smallest absolute Gasteiger partial charge is 0.325 e. The number of nitrogens with two attached hydrogens (primary N) is 1. The summed E-state index contributed by atoms with van der Waals surface area (Å²) in [5, 5.41) is 2.93. The maximum atomic E-state index is 14.3. The van der Waals surface area contributed by atoms with E-state index in [4.69, 9.17) is 5.73 Å². The number of nitrogen functional groups attached to an aromatic ring is 1. The van der Waals surface area contributed by atoms with Crippen molar-refractivity contribution in [2.24, 2.45) is 13.0 Å². The molecule has 0 spiro atoms. The number of nitrogens with one attached hydrogen (secondary N) is 1. The van der Waals surface area contributed by atoms with Crippen molar-refractivity contribution in [3.8, 4) is 0 Å². The van der Waals surface area contributed by atoms with Gasteiger partial charge in [0.25, 0.3) is 5.91 Å². The number of benzene rings is 1. The van der Waals surface area contributed by atoms with Crippen LogP contribution in [0.4, 0.5) is 21.0 Å². The third kappa shape index (κ3) is 5.47. The number of imide groups is 1. The Morgan fingerprint density at radius 3 is 2.46 bits per heavy atom. The third-order valence-corrected chi connectivity index (χ3v) is 7.15. The van der Waals surface area contributed by atoms with E-state index >= 15 is 0 Å². The highest BCUT2D eigenvalue weighted by atomic mass is 19.1. The number of β-lactam (4-membered cyclic amide) rings is 1. The lowest BCUT2D eigenvalue weighted by Crippen LogP contribution is -2.70. The van der Waals surface area contributed by atoms with E-state index in [1.54, 1.807) is 69.2 Å². The zero-order valence-corrected chi connectivity index (χ0v) is 22.8. The lowest BCUT2D eigenvalue weighted by Gasteiger charge is -2.45. The predicted octanol–water partition coefficient (Wildman–Crippen LogP) is 3.44. The number of rotatable bonds is 8. The first-order valence-corrected chi connectivity index (χ1v) is 12.9. The number of likely N-dealkylation sites (tertiary alicyclic amines) is 1. The molecule has 11 heteroatoms. The van der Waals surface area contributed by atoms with Crippen molar-refractivity contribution in [3.05, 3.63) is 70.9 Å². The molecule has 1 aliphatic heterocycles. The first kappa shape index (κ1) is 27.7. The predicted molar refractivity (Wildman–Crippen MR) is 145 cm³/mol. The van der Waals surface area contributed by atoms with E-state index in [0.29, 0.717) is 29.3 Å². The van der Waals surface area contributed by atoms with Crippen molar-refractivity contribution in [2.75, 3.05) is 17.7 Å². The molecule has 0 radical (unpaired) electrons. The van der Waals surface area contributed by atoms with Crippen molar-refractivity contribution in [2.45, 2.75) is 52.1 Å². The molecule has 0 bridgehead atoms. The molecule has 1 saturated heterocycles. The molecule has 206 valence electrons. The number of carbonyl (C=O) groups excluding carboxylic acids is 3. The summed E-state index contributed by atoms with van der Waals surface area (Å²) < 4.78 is 16.0. The van der Waals surface area contributed by atoms with E-state index in [-0.39, 0.29) is 12.2 Å². The number of nitrogens with zero attached hydrogens (tertiary/aromatic N) is 5. The van der Waals surface area contributed by atoms with Gasteiger partial charge in [0.1, 0.15) is 17.7 Å². The van der Waals surface area contributed by atoms with Gasteiger partial charge >= 0.3 is 6.03 Å². The molecule has 1 aromatic carbocycles. The summed E-state index contributed by atoms with van der Waals surface area (Å²) in [4.78, 5) is 51.2. The van der Waals surface area contributed by atoms with Crippen LogP contribution >= 0.6 is 0 Å². The third-order valence-electron chi connectivity index (χ3n) is 7.15. The van der Waals surface area contributed by atoms with Crippen molar-refractivity contribution >= 4 is 29.6 Å². The average molecular weight is 536 g/mol. The summed E-state index contributed by atoms with van der Waals surface area (Å²) >= 11 is 0. The van der Waals surface area contributed by atoms with Crippen molar-refractivity contribution < 1.29 is 18.8 Å². The van der Waals surface area contributed by atoms with Gasteiger partial charge in [-0.2, -0.15) is 0 Å². The van der Waals surface area contributed by atoms with E-state index in [9.17, 15) is 18.8 Å². The van der Waals surface area contributed by atoms with Gasteiger partial charge in [-0.05, 0) is 61.1 Å². The maximum Gasteiger partial charge on any atom is 0.325 e. The van der Waals surface area contributed by atoms with Crippen LogP contribution in [0, 0.1) is 25.6 Å². The van der Waals surface area contributed by atoms with Gasteiger partial charge in [-0.25, -0.2) is 19.2 Å². The van der Waals surface area contributed by atoms with Crippen LogP contribution in [0.15, 0.2) is 42.9 Å². The molecule has 3 atom stereocenters. The Bertz CT molecular complexity index is 1380. The second-order valence-electron chi connectivity index (χ2n) is 10.0. The number of imidazole rings is 1. The zero-order valence-electron chi connectivity index (χ0n) is 22.8. The van der Waals surface area contributed by atoms with Gasteiger partial charge < -0.3 is 15.6 Å². The molecule has 10 nitrogen and oxygen atoms in total. The van der Waals surface area contributed by atoms with E-state index in [2.05, 4.69) is 15.3 Å². The Balaban J connectivity index is 1.63. The Morgan fingerprint density at radius 2 is 1.87 bits per heavy atom. The first-order valence-electron chi connectivity index (χ1n) is 12.9. The monoisotopic (exact) mass is 535 g/mol. The highest BCUT2D eigenvalue weighted by Crippen LogP contribution is 2.33. The number of anilines is 2. The van der Waals surface area contributed by atoms with Crippen LogP contribution in [-0.4, -0.2) is 50.4 Å². The number of amides is 4. The van der Waals surface area contributed by atoms with Crippen LogP contribution in [0.1, 0.15) is 48.1 Å². The van der Waals surface area contributed by atoms with Crippen LogP contribution in [-0.2, 0) is 23.1 Å². The van der Waals surface area contributed by atoms with E-state index < -0.39 is 35.8 Å². The molecular weight excluding hydrogens is 501 g/mol. The van der Waals surface area contributed by atoms with Crippen LogP contribution in [0.2, 0.25) is 0 Å². The Morgan fingerprint density at radius 1 is 1.18 bits per heavy atom. The Kier molecular flexibility index (Phi) is 7.98. The standard InChI is InChI=1S/C28H34FN7O3/c1-6-7-21(19-12-16(2)23(29)17(3)13-19)33-28(39)36-24(26(38)35(5)27-32-10-11-34(27)4)20(25(36)37)14-18-8-9-31-22(30)15-18/h8-13,15,20-21,24H,6-7,14H2,1-5H3,(H2,30,31)(H,33,39)/t20-,21-,24+/m1/s1. The zero-order chi connectivity index (χ0) is 28.4. The van der Waals surface area contributed by atoms with Crippen molar-refractivity contribution in [1.82, 2.24) is 24.8 Å². The molecule has 3 aromatic rings. The molecule has 39 heavy (non-hydrogen) atoms. The summed E-state index contributed by atoms with van der Waals surface area (Å²) in [5.74, 6) is -1.28. The number of carbonyl (C=O) groups is 3. The second kappa shape index (κ2) is 11.2. The fraction of sp³-hybridized carbons (Fsp3) is 0.393. The molecule has 2 aromatic heterocycles.